The summed E-state index contributed by atoms with van der Waals surface area (Å²) in [7, 11) is 0. The number of aliphatic hydroxyl groups is 1. The third kappa shape index (κ3) is 2.95. The van der Waals surface area contributed by atoms with Gasteiger partial charge in [-0.3, -0.25) is 0 Å². The molecule has 0 saturated heterocycles. The molecule has 3 nitrogen and oxygen atoms in total. The standard InChI is InChI=1S/C22H25NO2/c23-10-9-15-11-17(25)12-22-19-4-2-1-3-18(19)20(13-21(15)22)14-5-7-16(24)8-6-14/h5,7-8,11-12,14,18-20,24-25H,1-4,6,9,13H2/t14?,18-,19+,20-/m0/s1. The Kier molecular flexibility index (Phi) is 4.29. The van der Waals surface area contributed by atoms with E-state index in [0.717, 1.165) is 18.4 Å². The summed E-state index contributed by atoms with van der Waals surface area (Å²) in [5.41, 5.74) is 3.61. The van der Waals surface area contributed by atoms with Gasteiger partial charge >= 0.3 is 0 Å². The fourth-order valence-electron chi connectivity index (χ4n) is 5.42. The van der Waals surface area contributed by atoms with Gasteiger partial charge < -0.3 is 10.2 Å². The van der Waals surface area contributed by atoms with Gasteiger partial charge in [-0.2, -0.15) is 5.26 Å². The minimum atomic E-state index is 0.303. The highest BCUT2D eigenvalue weighted by molar-refractivity contribution is 5.47. The minimum Gasteiger partial charge on any atom is -0.508 e. The first-order valence-corrected chi connectivity index (χ1v) is 9.46. The Hall–Kier alpha value is -2.21. The minimum absolute atomic E-state index is 0.303. The Morgan fingerprint density at radius 1 is 1.12 bits per heavy atom. The molecular weight excluding hydrogens is 310 g/mol. The highest BCUT2D eigenvalue weighted by Gasteiger charge is 2.41. The average Bonchev–Trinajstić information content (AvgIpc) is 2.62. The molecule has 2 N–H and O–H groups in total. The van der Waals surface area contributed by atoms with Gasteiger partial charge in [0.15, 0.2) is 0 Å². The van der Waals surface area contributed by atoms with E-state index in [1.165, 1.54) is 36.8 Å². The van der Waals surface area contributed by atoms with Crippen LogP contribution in [-0.4, -0.2) is 10.2 Å². The lowest BCUT2D eigenvalue weighted by atomic mass is 9.59. The van der Waals surface area contributed by atoms with Crippen LogP contribution in [0.4, 0.5) is 0 Å². The zero-order valence-electron chi connectivity index (χ0n) is 14.5. The zero-order chi connectivity index (χ0) is 17.4. The Morgan fingerprint density at radius 2 is 1.96 bits per heavy atom. The Morgan fingerprint density at radius 3 is 2.72 bits per heavy atom. The fourth-order valence-corrected chi connectivity index (χ4v) is 5.42. The van der Waals surface area contributed by atoms with Crippen molar-refractivity contribution in [1.29, 1.82) is 5.26 Å². The second kappa shape index (κ2) is 6.59. The maximum Gasteiger partial charge on any atom is 0.116 e. The first kappa shape index (κ1) is 16.3. The van der Waals surface area contributed by atoms with Gasteiger partial charge in [0.1, 0.15) is 11.5 Å². The quantitative estimate of drug-likeness (QED) is 0.806. The molecule has 25 heavy (non-hydrogen) atoms. The van der Waals surface area contributed by atoms with Crippen LogP contribution in [0, 0.1) is 29.1 Å². The van der Waals surface area contributed by atoms with Gasteiger partial charge in [-0.05, 0) is 90.3 Å². The number of hydrogen-bond acceptors (Lipinski definition) is 3. The second-order valence-corrected chi connectivity index (χ2v) is 7.82. The van der Waals surface area contributed by atoms with Crippen molar-refractivity contribution in [1.82, 2.24) is 0 Å². The number of nitriles is 1. The van der Waals surface area contributed by atoms with Crippen LogP contribution in [0.1, 0.15) is 54.7 Å². The predicted molar refractivity (Wildman–Crippen MR) is 97.3 cm³/mol. The number of fused-ring (bicyclic) bond motifs is 3. The summed E-state index contributed by atoms with van der Waals surface area (Å²) in [6, 6.07) is 6.00. The molecule has 3 aliphatic carbocycles. The molecular formula is C22H25NO2. The van der Waals surface area contributed by atoms with Gasteiger partial charge in [0.2, 0.25) is 0 Å². The zero-order valence-corrected chi connectivity index (χ0v) is 14.5. The van der Waals surface area contributed by atoms with Crippen LogP contribution in [0.2, 0.25) is 0 Å². The molecule has 0 aliphatic heterocycles. The third-order valence-corrected chi connectivity index (χ3v) is 6.50. The van der Waals surface area contributed by atoms with Crippen molar-refractivity contribution in [2.45, 2.75) is 50.9 Å². The molecule has 0 amide bonds. The first-order valence-electron chi connectivity index (χ1n) is 9.46. The van der Waals surface area contributed by atoms with E-state index < -0.39 is 0 Å². The van der Waals surface area contributed by atoms with E-state index in [2.05, 4.69) is 12.1 Å². The molecule has 0 bridgehead atoms. The van der Waals surface area contributed by atoms with Crippen LogP contribution < -0.4 is 0 Å². The normalized spacial score (nSPS) is 30.8. The molecule has 0 radical (unpaired) electrons. The predicted octanol–water partition coefficient (Wildman–Crippen LogP) is 4.92. The number of rotatable bonds is 2. The number of aliphatic hydroxyl groups excluding tert-OH is 1. The van der Waals surface area contributed by atoms with E-state index in [1.807, 2.05) is 18.2 Å². The van der Waals surface area contributed by atoms with Gasteiger partial charge in [0, 0.05) is 0 Å². The van der Waals surface area contributed by atoms with Crippen molar-refractivity contribution in [2.75, 3.05) is 0 Å². The molecule has 0 spiro atoms. The summed E-state index contributed by atoms with van der Waals surface area (Å²) < 4.78 is 0. The van der Waals surface area contributed by atoms with Gasteiger partial charge in [0.25, 0.3) is 0 Å². The number of allylic oxidation sites excluding steroid dienone is 3. The number of phenols is 1. The van der Waals surface area contributed by atoms with Crippen molar-refractivity contribution in [3.63, 3.8) is 0 Å². The molecule has 1 aromatic rings. The van der Waals surface area contributed by atoms with E-state index >= 15 is 0 Å². The second-order valence-electron chi connectivity index (χ2n) is 7.82. The first-order chi connectivity index (χ1) is 12.2. The maximum atomic E-state index is 10.2. The molecule has 4 atom stereocenters. The van der Waals surface area contributed by atoms with Crippen molar-refractivity contribution < 1.29 is 10.2 Å². The van der Waals surface area contributed by atoms with Gasteiger partial charge in [-0.25, -0.2) is 0 Å². The molecule has 4 rings (SSSR count). The number of hydrogen-bond donors (Lipinski definition) is 2. The molecule has 130 valence electrons. The van der Waals surface area contributed by atoms with E-state index in [9.17, 15) is 15.5 Å². The molecule has 3 heteroatoms. The van der Waals surface area contributed by atoms with Crippen molar-refractivity contribution in [3.8, 4) is 11.8 Å². The lowest BCUT2D eigenvalue weighted by Gasteiger charge is -2.46. The average molecular weight is 335 g/mol. The summed E-state index contributed by atoms with van der Waals surface area (Å²) in [6.07, 6.45) is 13.2. The third-order valence-electron chi connectivity index (χ3n) is 6.50. The lowest BCUT2D eigenvalue weighted by Crippen LogP contribution is -2.36. The molecule has 1 saturated carbocycles. The number of benzene rings is 1. The van der Waals surface area contributed by atoms with Gasteiger partial charge in [-0.1, -0.05) is 18.9 Å². The van der Waals surface area contributed by atoms with Crippen molar-refractivity contribution in [2.24, 2.45) is 17.8 Å². The maximum absolute atomic E-state index is 10.2. The fraction of sp³-hybridized carbons (Fsp3) is 0.500. The van der Waals surface area contributed by atoms with Crippen LogP contribution >= 0.6 is 0 Å². The van der Waals surface area contributed by atoms with Crippen LogP contribution in [0.25, 0.3) is 0 Å². The Labute approximate surface area is 149 Å². The Balaban J connectivity index is 1.75. The monoisotopic (exact) mass is 335 g/mol. The van der Waals surface area contributed by atoms with E-state index in [0.29, 0.717) is 41.6 Å². The SMILES string of the molecule is N#CCc1cc(O)cc2c1C[C@@H](C1C=CC(O)=CC1)[C@H]1CCCC[C@@H]21. The number of aromatic hydroxyl groups is 1. The van der Waals surface area contributed by atoms with Gasteiger partial charge in [0.05, 0.1) is 12.5 Å². The molecule has 1 aromatic carbocycles. The summed E-state index contributed by atoms with van der Waals surface area (Å²) in [5, 5.41) is 29.1. The molecule has 3 aliphatic rings. The van der Waals surface area contributed by atoms with Crippen LogP contribution in [0.5, 0.6) is 5.75 Å². The van der Waals surface area contributed by atoms with Crippen LogP contribution in [0.3, 0.4) is 0 Å². The van der Waals surface area contributed by atoms with Crippen molar-refractivity contribution >= 4 is 0 Å². The lowest BCUT2D eigenvalue weighted by molar-refractivity contribution is 0.155. The van der Waals surface area contributed by atoms with Crippen molar-refractivity contribution in [3.05, 3.63) is 52.8 Å². The molecule has 1 fully saturated rings. The smallest absolute Gasteiger partial charge is 0.116 e. The van der Waals surface area contributed by atoms with E-state index in [-0.39, 0.29) is 0 Å². The summed E-state index contributed by atoms with van der Waals surface area (Å²) in [5.74, 6) is 2.83. The highest BCUT2D eigenvalue weighted by atomic mass is 16.3. The molecule has 0 aromatic heterocycles. The highest BCUT2D eigenvalue weighted by Crippen LogP contribution is 2.52. The van der Waals surface area contributed by atoms with E-state index in [4.69, 9.17) is 0 Å². The summed E-state index contributed by atoms with van der Waals surface area (Å²) in [4.78, 5) is 0. The van der Waals surface area contributed by atoms with E-state index in [1.54, 1.807) is 6.07 Å². The largest absolute Gasteiger partial charge is 0.508 e. The Bertz CT molecular complexity index is 771. The summed E-state index contributed by atoms with van der Waals surface area (Å²) in [6.45, 7) is 0. The molecule has 0 heterocycles. The summed E-state index contributed by atoms with van der Waals surface area (Å²) >= 11 is 0. The number of nitrogens with zero attached hydrogens (tertiary/aromatic N) is 1. The topological polar surface area (TPSA) is 64.2 Å². The van der Waals surface area contributed by atoms with Crippen LogP contribution in [0.15, 0.2) is 36.1 Å². The van der Waals surface area contributed by atoms with Crippen LogP contribution in [-0.2, 0) is 12.8 Å². The number of phenolic OH excluding ortho intramolecular Hbond substituents is 1. The molecule has 1 unspecified atom stereocenters. The van der Waals surface area contributed by atoms with Gasteiger partial charge in [-0.15, -0.1) is 0 Å².